The number of unbranched alkanes of at least 4 members (excludes halogenated alkanes) is 9. The van der Waals surface area contributed by atoms with E-state index in [9.17, 15) is 0 Å². The Balaban J connectivity index is 1.94. The molecule has 0 amide bonds. The van der Waals surface area contributed by atoms with Gasteiger partial charge in [0.15, 0.2) is 0 Å². The minimum absolute atomic E-state index is 0.615. The first-order valence-corrected chi connectivity index (χ1v) is 9.19. The Hall–Kier alpha value is -0.400. The van der Waals surface area contributed by atoms with Crippen molar-refractivity contribution in [2.45, 2.75) is 71.1 Å². The van der Waals surface area contributed by atoms with E-state index < -0.39 is 0 Å². The summed E-state index contributed by atoms with van der Waals surface area (Å²) < 4.78 is 0. The molecule has 3 heteroatoms. The Morgan fingerprint density at radius 2 is 1.38 bits per heavy atom. The Morgan fingerprint density at radius 1 is 0.810 bits per heavy atom. The average molecular weight is 330 g/mol. The van der Waals surface area contributed by atoms with E-state index in [2.05, 4.69) is 12.2 Å². The minimum Gasteiger partial charge on any atom is -0.384 e. The topological polar surface area (TPSA) is 12.0 Å². The van der Waals surface area contributed by atoms with Crippen molar-refractivity contribution in [1.29, 1.82) is 0 Å². The van der Waals surface area contributed by atoms with Crippen LogP contribution in [-0.2, 0) is 0 Å². The van der Waals surface area contributed by atoms with E-state index in [1.807, 2.05) is 18.2 Å². The standard InChI is InChI=1S/C18H29Cl2N/c1-2-3-4-5-6-7-8-9-10-11-15-21-17-14-12-13-16(19)18(17)20/h12-14,21H,2-11,15H2,1H3. The molecule has 0 fully saturated rings. The lowest BCUT2D eigenvalue weighted by Crippen LogP contribution is -2.01. The van der Waals surface area contributed by atoms with Gasteiger partial charge in [0.1, 0.15) is 0 Å². The third-order valence-electron chi connectivity index (χ3n) is 3.80. The summed E-state index contributed by atoms with van der Waals surface area (Å²) in [4.78, 5) is 0. The van der Waals surface area contributed by atoms with Crippen LogP contribution in [0.3, 0.4) is 0 Å². The largest absolute Gasteiger partial charge is 0.384 e. The van der Waals surface area contributed by atoms with Crippen LogP contribution in [0.1, 0.15) is 71.1 Å². The van der Waals surface area contributed by atoms with Gasteiger partial charge in [-0.05, 0) is 18.6 Å². The van der Waals surface area contributed by atoms with E-state index >= 15 is 0 Å². The predicted molar refractivity (Wildman–Crippen MR) is 96.8 cm³/mol. The summed E-state index contributed by atoms with van der Waals surface area (Å²) in [6, 6.07) is 5.72. The summed E-state index contributed by atoms with van der Waals surface area (Å²) in [5, 5.41) is 4.61. The number of hydrogen-bond acceptors (Lipinski definition) is 1. The molecule has 0 heterocycles. The maximum atomic E-state index is 6.13. The third kappa shape index (κ3) is 8.58. The highest BCUT2D eigenvalue weighted by Gasteiger charge is 2.02. The summed E-state index contributed by atoms with van der Waals surface area (Å²) in [6.45, 7) is 3.24. The molecule has 1 aromatic rings. The van der Waals surface area contributed by atoms with E-state index in [0.29, 0.717) is 10.0 Å². The van der Waals surface area contributed by atoms with Crippen LogP contribution in [0.25, 0.3) is 0 Å². The zero-order chi connectivity index (χ0) is 15.3. The van der Waals surface area contributed by atoms with Crippen LogP contribution in [0.2, 0.25) is 10.0 Å². The van der Waals surface area contributed by atoms with Crippen molar-refractivity contribution < 1.29 is 0 Å². The Kier molecular flexibility index (Phi) is 10.8. The number of nitrogens with one attached hydrogen (secondary N) is 1. The molecule has 0 saturated carbocycles. The second-order valence-electron chi connectivity index (χ2n) is 5.71. The molecule has 1 nitrogen and oxygen atoms in total. The van der Waals surface area contributed by atoms with Crippen molar-refractivity contribution in [3.05, 3.63) is 28.2 Å². The van der Waals surface area contributed by atoms with E-state index in [1.54, 1.807) is 0 Å². The lowest BCUT2D eigenvalue weighted by molar-refractivity contribution is 0.560. The van der Waals surface area contributed by atoms with E-state index in [4.69, 9.17) is 23.2 Å². The molecule has 0 bridgehead atoms. The molecule has 21 heavy (non-hydrogen) atoms. The Labute approximate surface area is 140 Å². The molecular formula is C18H29Cl2N. The number of rotatable bonds is 12. The molecule has 0 unspecified atom stereocenters. The summed E-state index contributed by atoms with van der Waals surface area (Å²) in [5.41, 5.74) is 0.945. The Bertz CT molecular complexity index is 379. The number of halogens is 2. The number of hydrogen-bond donors (Lipinski definition) is 1. The molecule has 0 aliphatic heterocycles. The van der Waals surface area contributed by atoms with Crippen LogP contribution in [0.15, 0.2) is 18.2 Å². The first kappa shape index (κ1) is 18.6. The van der Waals surface area contributed by atoms with Gasteiger partial charge in [0.05, 0.1) is 15.7 Å². The van der Waals surface area contributed by atoms with Gasteiger partial charge in [0.2, 0.25) is 0 Å². The molecule has 0 aliphatic carbocycles. The molecule has 0 aliphatic rings. The molecule has 1 N–H and O–H groups in total. The monoisotopic (exact) mass is 329 g/mol. The van der Waals surface area contributed by atoms with Gasteiger partial charge in [-0.15, -0.1) is 0 Å². The van der Waals surface area contributed by atoms with Crippen molar-refractivity contribution in [3.8, 4) is 0 Å². The second-order valence-corrected chi connectivity index (χ2v) is 6.50. The smallest absolute Gasteiger partial charge is 0.0823 e. The fourth-order valence-corrected chi connectivity index (χ4v) is 2.84. The van der Waals surface area contributed by atoms with Crippen LogP contribution in [-0.4, -0.2) is 6.54 Å². The van der Waals surface area contributed by atoms with Gasteiger partial charge in [0, 0.05) is 6.54 Å². The molecule has 0 atom stereocenters. The quantitative estimate of drug-likeness (QED) is 0.396. The van der Waals surface area contributed by atoms with Gasteiger partial charge in [-0.25, -0.2) is 0 Å². The molecule has 1 rings (SSSR count). The fourth-order valence-electron chi connectivity index (χ4n) is 2.48. The SMILES string of the molecule is CCCCCCCCCCCCNc1cccc(Cl)c1Cl. The summed E-state index contributed by atoms with van der Waals surface area (Å²) in [5.74, 6) is 0. The van der Waals surface area contributed by atoms with Gasteiger partial charge in [-0.1, -0.05) is 94.0 Å². The van der Waals surface area contributed by atoms with Gasteiger partial charge in [0.25, 0.3) is 0 Å². The van der Waals surface area contributed by atoms with Crippen LogP contribution in [0.4, 0.5) is 5.69 Å². The number of benzene rings is 1. The van der Waals surface area contributed by atoms with E-state index in [0.717, 1.165) is 12.2 Å². The van der Waals surface area contributed by atoms with Gasteiger partial charge < -0.3 is 5.32 Å². The zero-order valence-electron chi connectivity index (χ0n) is 13.3. The molecule has 1 aromatic carbocycles. The van der Waals surface area contributed by atoms with Crippen molar-refractivity contribution in [1.82, 2.24) is 0 Å². The zero-order valence-corrected chi connectivity index (χ0v) is 14.8. The fraction of sp³-hybridized carbons (Fsp3) is 0.667. The van der Waals surface area contributed by atoms with Crippen LogP contribution in [0, 0.1) is 0 Å². The van der Waals surface area contributed by atoms with Crippen LogP contribution >= 0.6 is 23.2 Å². The van der Waals surface area contributed by atoms with Crippen molar-refractivity contribution in [3.63, 3.8) is 0 Å². The molecule has 120 valence electrons. The first-order valence-electron chi connectivity index (χ1n) is 8.43. The molecule has 0 saturated heterocycles. The highest BCUT2D eigenvalue weighted by atomic mass is 35.5. The molecule has 0 spiro atoms. The third-order valence-corrected chi connectivity index (χ3v) is 4.62. The maximum absolute atomic E-state index is 6.13. The van der Waals surface area contributed by atoms with Gasteiger partial charge in [-0.2, -0.15) is 0 Å². The van der Waals surface area contributed by atoms with Crippen LogP contribution in [0.5, 0.6) is 0 Å². The first-order chi connectivity index (χ1) is 10.3. The lowest BCUT2D eigenvalue weighted by atomic mass is 10.1. The van der Waals surface area contributed by atoms with Crippen LogP contribution < -0.4 is 5.32 Å². The van der Waals surface area contributed by atoms with Crippen molar-refractivity contribution in [2.24, 2.45) is 0 Å². The minimum atomic E-state index is 0.615. The molecular weight excluding hydrogens is 301 g/mol. The normalized spacial score (nSPS) is 10.8. The summed E-state index contributed by atoms with van der Waals surface area (Å²) in [7, 11) is 0. The maximum Gasteiger partial charge on any atom is 0.0823 e. The van der Waals surface area contributed by atoms with E-state index in [-0.39, 0.29) is 0 Å². The lowest BCUT2D eigenvalue weighted by Gasteiger charge is -2.09. The highest BCUT2D eigenvalue weighted by molar-refractivity contribution is 6.43. The highest BCUT2D eigenvalue weighted by Crippen LogP contribution is 2.29. The summed E-state index contributed by atoms with van der Waals surface area (Å²) >= 11 is 12.1. The molecule has 0 radical (unpaired) electrons. The summed E-state index contributed by atoms with van der Waals surface area (Å²) in [6.07, 6.45) is 13.6. The van der Waals surface area contributed by atoms with Crippen molar-refractivity contribution >= 4 is 28.9 Å². The predicted octanol–water partition coefficient (Wildman–Crippen LogP) is 7.33. The van der Waals surface area contributed by atoms with Gasteiger partial charge in [-0.3, -0.25) is 0 Å². The second kappa shape index (κ2) is 12.2. The molecule has 0 aromatic heterocycles. The van der Waals surface area contributed by atoms with Crippen molar-refractivity contribution in [2.75, 3.05) is 11.9 Å². The Morgan fingerprint density at radius 3 is 2.00 bits per heavy atom. The number of anilines is 1. The average Bonchev–Trinajstić information content (AvgIpc) is 2.49. The van der Waals surface area contributed by atoms with Gasteiger partial charge >= 0.3 is 0 Å². The van der Waals surface area contributed by atoms with E-state index in [1.165, 1.54) is 64.2 Å².